The van der Waals surface area contributed by atoms with Gasteiger partial charge in [-0.15, -0.1) is 0 Å². The molecule has 1 aliphatic carbocycles. The normalized spacial score (nSPS) is 23.4. The molecule has 0 radical (unpaired) electrons. The van der Waals surface area contributed by atoms with Gasteiger partial charge in [0, 0.05) is 37.0 Å². The van der Waals surface area contributed by atoms with Crippen LogP contribution in [0.1, 0.15) is 24.8 Å². The molecule has 4 nitrogen and oxygen atoms in total. The third-order valence-electron chi connectivity index (χ3n) is 4.65. The third kappa shape index (κ3) is 2.52. The van der Waals surface area contributed by atoms with Crippen LogP contribution in [0.5, 0.6) is 5.75 Å². The van der Waals surface area contributed by atoms with Gasteiger partial charge in [-0.05, 0) is 25.3 Å². The Morgan fingerprint density at radius 2 is 2.09 bits per heavy atom. The molecule has 22 heavy (non-hydrogen) atoms. The SMILES string of the molecule is O=C(N[C@H]1CCN(c2c(Cl)cc(Cl)c3c2CCO3)C1)C1CC1. The fourth-order valence-corrected chi connectivity index (χ4v) is 4.05. The van der Waals surface area contributed by atoms with Crippen molar-refractivity contribution in [1.82, 2.24) is 5.32 Å². The second kappa shape index (κ2) is 5.50. The first kappa shape index (κ1) is 14.5. The molecule has 118 valence electrons. The second-order valence-electron chi connectivity index (χ2n) is 6.31. The number of nitrogens with zero attached hydrogens (tertiary/aromatic N) is 1. The smallest absolute Gasteiger partial charge is 0.223 e. The number of halogens is 2. The topological polar surface area (TPSA) is 41.6 Å². The van der Waals surface area contributed by atoms with Crippen molar-refractivity contribution in [2.75, 3.05) is 24.6 Å². The molecule has 0 bridgehead atoms. The van der Waals surface area contributed by atoms with Gasteiger partial charge in [0.2, 0.25) is 5.91 Å². The Balaban J connectivity index is 1.53. The number of ether oxygens (including phenoxy) is 1. The molecule has 1 atom stereocenters. The quantitative estimate of drug-likeness (QED) is 0.919. The molecule has 1 saturated carbocycles. The molecule has 6 heteroatoms. The molecular weight excluding hydrogens is 323 g/mol. The largest absolute Gasteiger partial charge is 0.491 e. The first-order valence-corrected chi connectivity index (χ1v) is 8.58. The fraction of sp³-hybridized carbons (Fsp3) is 0.562. The maximum absolute atomic E-state index is 11.9. The van der Waals surface area contributed by atoms with E-state index in [9.17, 15) is 4.79 Å². The van der Waals surface area contributed by atoms with Crippen molar-refractivity contribution in [2.45, 2.75) is 31.7 Å². The molecule has 3 aliphatic rings. The maximum Gasteiger partial charge on any atom is 0.223 e. The van der Waals surface area contributed by atoms with Crippen LogP contribution in [-0.4, -0.2) is 31.6 Å². The number of rotatable bonds is 3. The lowest BCUT2D eigenvalue weighted by Crippen LogP contribution is -2.38. The number of anilines is 1. The van der Waals surface area contributed by atoms with Crippen molar-refractivity contribution in [1.29, 1.82) is 0 Å². The predicted octanol–water partition coefficient (Wildman–Crippen LogP) is 3.03. The monoisotopic (exact) mass is 340 g/mol. The van der Waals surface area contributed by atoms with E-state index in [1.807, 2.05) is 0 Å². The number of benzene rings is 1. The first-order chi connectivity index (χ1) is 10.6. The van der Waals surface area contributed by atoms with Crippen LogP contribution in [0.15, 0.2) is 6.07 Å². The number of hydrogen-bond donors (Lipinski definition) is 1. The molecular formula is C16H18Cl2N2O2. The van der Waals surface area contributed by atoms with Crippen molar-refractivity contribution in [2.24, 2.45) is 5.92 Å². The first-order valence-electron chi connectivity index (χ1n) is 7.82. The van der Waals surface area contributed by atoms with Crippen molar-refractivity contribution >= 4 is 34.8 Å². The second-order valence-corrected chi connectivity index (χ2v) is 7.12. The van der Waals surface area contributed by atoms with Gasteiger partial charge in [0.25, 0.3) is 0 Å². The molecule has 1 saturated heterocycles. The van der Waals surface area contributed by atoms with Gasteiger partial charge >= 0.3 is 0 Å². The van der Waals surface area contributed by atoms with E-state index in [1.54, 1.807) is 6.07 Å². The van der Waals surface area contributed by atoms with Crippen LogP contribution >= 0.6 is 23.2 Å². The van der Waals surface area contributed by atoms with Crippen molar-refractivity contribution < 1.29 is 9.53 Å². The lowest BCUT2D eigenvalue weighted by atomic mass is 10.1. The number of carbonyl (C=O) groups is 1. The van der Waals surface area contributed by atoms with Gasteiger partial charge in [0.1, 0.15) is 5.75 Å². The summed E-state index contributed by atoms with van der Waals surface area (Å²) < 4.78 is 5.63. The molecule has 1 aromatic rings. The molecule has 0 spiro atoms. The maximum atomic E-state index is 11.9. The zero-order valence-electron chi connectivity index (χ0n) is 12.2. The Morgan fingerprint density at radius 3 is 2.86 bits per heavy atom. The standard InChI is InChI=1S/C16H18Cl2N2O2/c17-12-7-13(18)15-11(4-6-22-15)14(12)20-5-3-10(8-20)19-16(21)9-1-2-9/h7,9-10H,1-6,8H2,(H,19,21)/t10-/m0/s1. The lowest BCUT2D eigenvalue weighted by Gasteiger charge is -2.23. The van der Waals surface area contributed by atoms with Gasteiger partial charge in [0.05, 0.1) is 22.3 Å². The summed E-state index contributed by atoms with van der Waals surface area (Å²) in [5.41, 5.74) is 2.13. The van der Waals surface area contributed by atoms with Gasteiger partial charge in [-0.1, -0.05) is 23.2 Å². The number of carbonyl (C=O) groups excluding carboxylic acids is 1. The summed E-state index contributed by atoms with van der Waals surface area (Å²) in [7, 11) is 0. The highest BCUT2D eigenvalue weighted by Gasteiger charge is 2.34. The van der Waals surface area contributed by atoms with Crippen LogP contribution < -0.4 is 15.0 Å². The van der Waals surface area contributed by atoms with E-state index in [0.29, 0.717) is 16.7 Å². The lowest BCUT2D eigenvalue weighted by molar-refractivity contribution is -0.122. The number of nitrogens with one attached hydrogen (secondary N) is 1. The van der Waals surface area contributed by atoms with Gasteiger partial charge in [-0.3, -0.25) is 4.79 Å². The van der Waals surface area contributed by atoms with Crippen LogP contribution in [-0.2, 0) is 11.2 Å². The van der Waals surface area contributed by atoms with Gasteiger partial charge in [-0.2, -0.15) is 0 Å². The molecule has 1 amide bonds. The summed E-state index contributed by atoms with van der Waals surface area (Å²) in [6, 6.07) is 1.97. The highest BCUT2D eigenvalue weighted by molar-refractivity contribution is 6.37. The fourth-order valence-electron chi connectivity index (χ4n) is 3.37. The van der Waals surface area contributed by atoms with E-state index in [2.05, 4.69) is 10.2 Å². The zero-order valence-corrected chi connectivity index (χ0v) is 13.7. The highest BCUT2D eigenvalue weighted by atomic mass is 35.5. The molecule has 2 aliphatic heterocycles. The van der Waals surface area contributed by atoms with Gasteiger partial charge in [0.15, 0.2) is 0 Å². The molecule has 0 aromatic heterocycles. The minimum Gasteiger partial charge on any atom is -0.491 e. The Bertz CT molecular complexity index is 631. The summed E-state index contributed by atoms with van der Waals surface area (Å²) in [5.74, 6) is 1.24. The Labute approximate surface area is 139 Å². The number of hydrogen-bond acceptors (Lipinski definition) is 3. The van der Waals surface area contributed by atoms with Crippen molar-refractivity contribution in [3.05, 3.63) is 21.7 Å². The molecule has 2 heterocycles. The van der Waals surface area contributed by atoms with Crippen LogP contribution in [0.4, 0.5) is 5.69 Å². The summed E-state index contributed by atoms with van der Waals surface area (Å²) in [6.45, 7) is 2.34. The average molecular weight is 341 g/mol. The number of amides is 1. The summed E-state index contributed by atoms with van der Waals surface area (Å²) in [6.07, 6.45) is 3.86. The highest BCUT2D eigenvalue weighted by Crippen LogP contribution is 2.45. The Hall–Kier alpha value is -1.13. The summed E-state index contributed by atoms with van der Waals surface area (Å²) in [5, 5.41) is 4.41. The van der Waals surface area contributed by atoms with Crippen LogP contribution in [0.2, 0.25) is 10.0 Å². The van der Waals surface area contributed by atoms with E-state index in [4.69, 9.17) is 27.9 Å². The third-order valence-corrected chi connectivity index (χ3v) is 5.22. The van der Waals surface area contributed by atoms with E-state index in [1.165, 1.54) is 0 Å². The predicted molar refractivity (Wildman–Crippen MR) is 87.1 cm³/mol. The molecule has 2 fully saturated rings. The van der Waals surface area contributed by atoms with Crippen LogP contribution in [0.3, 0.4) is 0 Å². The molecule has 1 N–H and O–H groups in total. The van der Waals surface area contributed by atoms with Crippen LogP contribution in [0.25, 0.3) is 0 Å². The summed E-state index contributed by atoms with van der Waals surface area (Å²) >= 11 is 12.6. The number of fused-ring (bicyclic) bond motifs is 1. The Morgan fingerprint density at radius 1 is 1.27 bits per heavy atom. The zero-order chi connectivity index (χ0) is 15.3. The van der Waals surface area contributed by atoms with Gasteiger partial charge in [-0.25, -0.2) is 0 Å². The summed E-state index contributed by atoms with van der Waals surface area (Å²) in [4.78, 5) is 14.2. The van der Waals surface area contributed by atoms with E-state index < -0.39 is 0 Å². The van der Waals surface area contributed by atoms with Crippen LogP contribution in [0, 0.1) is 5.92 Å². The Kier molecular flexibility index (Phi) is 3.61. The molecule has 1 aromatic carbocycles. The van der Waals surface area contributed by atoms with Gasteiger partial charge < -0.3 is 15.0 Å². The van der Waals surface area contributed by atoms with E-state index >= 15 is 0 Å². The average Bonchev–Trinajstić information content (AvgIpc) is 3.05. The van der Waals surface area contributed by atoms with E-state index in [-0.39, 0.29) is 17.9 Å². The van der Waals surface area contributed by atoms with Crippen molar-refractivity contribution in [3.63, 3.8) is 0 Å². The molecule has 4 rings (SSSR count). The van der Waals surface area contributed by atoms with E-state index in [0.717, 1.165) is 55.8 Å². The minimum atomic E-state index is 0.206. The molecule has 0 unspecified atom stereocenters. The van der Waals surface area contributed by atoms with Crippen molar-refractivity contribution in [3.8, 4) is 5.75 Å². The minimum absolute atomic E-state index is 0.206.